The van der Waals surface area contributed by atoms with Gasteiger partial charge in [-0.15, -0.1) is 0 Å². The molecule has 0 atom stereocenters. The Balaban J connectivity index is 2.81. The summed E-state index contributed by atoms with van der Waals surface area (Å²) in [5, 5.41) is 1.24. The molecule has 0 saturated carbocycles. The van der Waals surface area contributed by atoms with Crippen molar-refractivity contribution in [3.8, 4) is 0 Å². The van der Waals surface area contributed by atoms with Crippen molar-refractivity contribution in [3.05, 3.63) is 35.5 Å². The lowest BCUT2D eigenvalue weighted by Crippen LogP contribution is -2.01. The minimum Gasteiger partial charge on any atom is -0.253 e. The molecule has 1 aromatic heterocycles. The van der Waals surface area contributed by atoms with Crippen LogP contribution in [0.4, 0.5) is 0 Å². The normalized spacial score (nSPS) is 10.6. The van der Waals surface area contributed by atoms with E-state index in [1.54, 1.807) is 0 Å². The average molecular weight is 169 g/mol. The molecule has 2 aromatic rings. The first kappa shape index (κ1) is 8.30. The van der Waals surface area contributed by atoms with Crippen molar-refractivity contribution in [1.82, 2.24) is 4.98 Å². The molecule has 0 unspecified atom stereocenters. The lowest BCUT2D eigenvalue weighted by molar-refractivity contribution is 1.20. The summed E-state index contributed by atoms with van der Waals surface area (Å²) in [6, 6.07) is 8.56. The molecule has 0 N–H and O–H groups in total. The number of aryl methyl sites for hydroxylation is 2. The molecule has 0 amide bonds. The van der Waals surface area contributed by atoms with Crippen molar-refractivity contribution >= 4 is 24.2 Å². The SMILES string of the molecule is Bc1ccc2nc(C)c(C)cc2c1. The van der Waals surface area contributed by atoms with Crippen LogP contribution in [0.1, 0.15) is 11.3 Å². The summed E-state index contributed by atoms with van der Waals surface area (Å²) in [6.07, 6.45) is 0. The zero-order chi connectivity index (χ0) is 9.42. The van der Waals surface area contributed by atoms with Gasteiger partial charge in [-0.05, 0) is 36.9 Å². The summed E-state index contributed by atoms with van der Waals surface area (Å²) in [7, 11) is 2.11. The third-order valence-electron chi connectivity index (χ3n) is 2.41. The van der Waals surface area contributed by atoms with Gasteiger partial charge in [-0.2, -0.15) is 0 Å². The largest absolute Gasteiger partial charge is 0.253 e. The molecule has 2 heteroatoms. The van der Waals surface area contributed by atoms with Gasteiger partial charge >= 0.3 is 0 Å². The van der Waals surface area contributed by atoms with E-state index in [1.807, 2.05) is 0 Å². The molecule has 13 heavy (non-hydrogen) atoms. The van der Waals surface area contributed by atoms with Gasteiger partial charge in [-0.25, -0.2) is 0 Å². The number of nitrogens with zero attached hydrogens (tertiary/aromatic N) is 1. The van der Waals surface area contributed by atoms with Crippen molar-refractivity contribution in [1.29, 1.82) is 0 Å². The summed E-state index contributed by atoms with van der Waals surface area (Å²) in [5.41, 5.74) is 4.76. The standard InChI is InChI=1S/C11H12BN/c1-7-5-9-6-10(12)3-4-11(9)13-8(7)2/h3-6H,12H2,1-2H3. The molecule has 0 aliphatic heterocycles. The summed E-state index contributed by atoms with van der Waals surface area (Å²) < 4.78 is 0. The number of pyridine rings is 1. The van der Waals surface area contributed by atoms with Gasteiger partial charge < -0.3 is 0 Å². The van der Waals surface area contributed by atoms with Gasteiger partial charge in [0.05, 0.1) is 5.52 Å². The highest BCUT2D eigenvalue weighted by molar-refractivity contribution is 6.33. The van der Waals surface area contributed by atoms with Gasteiger partial charge in [-0.3, -0.25) is 4.98 Å². The first-order chi connectivity index (χ1) is 6.16. The van der Waals surface area contributed by atoms with Crippen LogP contribution in [0.25, 0.3) is 10.9 Å². The monoisotopic (exact) mass is 169 g/mol. The van der Waals surface area contributed by atoms with Crippen molar-refractivity contribution in [2.24, 2.45) is 0 Å². The van der Waals surface area contributed by atoms with E-state index in [4.69, 9.17) is 0 Å². The van der Waals surface area contributed by atoms with Gasteiger partial charge in [0.15, 0.2) is 0 Å². The second kappa shape index (κ2) is 2.88. The maximum absolute atomic E-state index is 4.52. The van der Waals surface area contributed by atoms with E-state index in [-0.39, 0.29) is 0 Å². The fraction of sp³-hybridized carbons (Fsp3) is 0.182. The van der Waals surface area contributed by atoms with Crippen molar-refractivity contribution in [2.75, 3.05) is 0 Å². The predicted molar refractivity (Wildman–Crippen MR) is 59.4 cm³/mol. The van der Waals surface area contributed by atoms with E-state index in [0.29, 0.717) is 0 Å². The van der Waals surface area contributed by atoms with Crippen LogP contribution in [0.15, 0.2) is 24.3 Å². The Labute approximate surface area is 79.2 Å². The molecule has 0 bridgehead atoms. The number of hydrogen-bond acceptors (Lipinski definition) is 1. The third kappa shape index (κ3) is 1.44. The minimum atomic E-state index is 1.09. The molecule has 0 spiro atoms. The van der Waals surface area contributed by atoms with Gasteiger partial charge in [0, 0.05) is 5.69 Å². The number of hydrogen-bond donors (Lipinski definition) is 0. The second-order valence-electron chi connectivity index (χ2n) is 3.59. The van der Waals surface area contributed by atoms with Crippen LogP contribution in [0.3, 0.4) is 0 Å². The predicted octanol–water partition coefficient (Wildman–Crippen LogP) is 1.11. The first-order valence-corrected chi connectivity index (χ1v) is 4.51. The summed E-state index contributed by atoms with van der Waals surface area (Å²) >= 11 is 0. The van der Waals surface area contributed by atoms with Gasteiger partial charge in [0.25, 0.3) is 0 Å². The highest BCUT2D eigenvalue weighted by Gasteiger charge is 1.98. The Bertz CT molecular complexity index is 463. The van der Waals surface area contributed by atoms with E-state index in [2.05, 4.69) is 50.9 Å². The zero-order valence-corrected chi connectivity index (χ0v) is 8.26. The molecule has 0 radical (unpaired) electrons. The summed E-state index contributed by atoms with van der Waals surface area (Å²) in [6.45, 7) is 4.15. The summed E-state index contributed by atoms with van der Waals surface area (Å²) in [4.78, 5) is 4.52. The lowest BCUT2D eigenvalue weighted by atomic mass is 9.94. The molecular formula is C11H12BN. The molecule has 0 fully saturated rings. The highest BCUT2D eigenvalue weighted by Crippen LogP contribution is 2.13. The Morgan fingerprint density at radius 2 is 1.92 bits per heavy atom. The van der Waals surface area contributed by atoms with Crippen LogP contribution in [-0.4, -0.2) is 12.8 Å². The fourth-order valence-corrected chi connectivity index (χ4v) is 1.50. The fourth-order valence-electron chi connectivity index (χ4n) is 1.50. The van der Waals surface area contributed by atoms with Gasteiger partial charge in [0.2, 0.25) is 0 Å². The average Bonchev–Trinajstić information content (AvgIpc) is 2.08. The second-order valence-corrected chi connectivity index (χ2v) is 3.59. The zero-order valence-electron chi connectivity index (χ0n) is 8.26. The molecule has 1 aromatic carbocycles. The van der Waals surface area contributed by atoms with E-state index in [1.165, 1.54) is 16.4 Å². The third-order valence-corrected chi connectivity index (χ3v) is 2.41. The molecule has 1 heterocycles. The van der Waals surface area contributed by atoms with Crippen LogP contribution >= 0.6 is 0 Å². The van der Waals surface area contributed by atoms with Crippen LogP contribution < -0.4 is 5.46 Å². The number of rotatable bonds is 0. The van der Waals surface area contributed by atoms with Crippen molar-refractivity contribution in [2.45, 2.75) is 13.8 Å². The van der Waals surface area contributed by atoms with Crippen LogP contribution in [0.5, 0.6) is 0 Å². The Morgan fingerprint density at radius 1 is 1.15 bits per heavy atom. The maximum atomic E-state index is 4.52. The quantitative estimate of drug-likeness (QED) is 0.538. The van der Waals surface area contributed by atoms with E-state index in [0.717, 1.165) is 11.2 Å². The molecular weight excluding hydrogens is 157 g/mol. The van der Waals surface area contributed by atoms with E-state index < -0.39 is 0 Å². The number of benzene rings is 1. The first-order valence-electron chi connectivity index (χ1n) is 4.51. The Hall–Kier alpha value is -1.31. The smallest absolute Gasteiger partial charge is 0.139 e. The van der Waals surface area contributed by atoms with Crippen LogP contribution in [0, 0.1) is 13.8 Å². The Kier molecular flexibility index (Phi) is 1.84. The number of aromatic nitrogens is 1. The van der Waals surface area contributed by atoms with Crippen molar-refractivity contribution < 1.29 is 0 Å². The lowest BCUT2D eigenvalue weighted by Gasteiger charge is -2.03. The van der Waals surface area contributed by atoms with E-state index in [9.17, 15) is 0 Å². The van der Waals surface area contributed by atoms with Crippen LogP contribution in [0.2, 0.25) is 0 Å². The molecule has 64 valence electrons. The van der Waals surface area contributed by atoms with E-state index >= 15 is 0 Å². The number of fused-ring (bicyclic) bond motifs is 1. The van der Waals surface area contributed by atoms with Gasteiger partial charge in [-0.1, -0.05) is 17.6 Å². The molecule has 0 aliphatic carbocycles. The topological polar surface area (TPSA) is 12.9 Å². The van der Waals surface area contributed by atoms with Crippen LogP contribution in [-0.2, 0) is 0 Å². The molecule has 0 aliphatic rings. The molecule has 0 saturated heterocycles. The molecule has 2 rings (SSSR count). The summed E-state index contributed by atoms with van der Waals surface area (Å²) in [5.74, 6) is 0. The molecule has 1 nitrogen and oxygen atoms in total. The Morgan fingerprint density at radius 3 is 2.69 bits per heavy atom. The van der Waals surface area contributed by atoms with Gasteiger partial charge in [0.1, 0.15) is 7.85 Å². The highest BCUT2D eigenvalue weighted by atomic mass is 14.7. The maximum Gasteiger partial charge on any atom is 0.139 e. The minimum absolute atomic E-state index is 1.09. The van der Waals surface area contributed by atoms with Crippen molar-refractivity contribution in [3.63, 3.8) is 0 Å².